The van der Waals surface area contributed by atoms with Gasteiger partial charge in [-0.1, -0.05) is 96.4 Å². The summed E-state index contributed by atoms with van der Waals surface area (Å²) < 4.78 is 0. The van der Waals surface area contributed by atoms with Gasteiger partial charge in [0, 0.05) is 35.3 Å². The molecule has 2 amide bonds. The first-order valence-electron chi connectivity index (χ1n) is 12.1. The highest BCUT2D eigenvalue weighted by atomic mass is 35.5. The molecule has 36 heavy (non-hydrogen) atoms. The molecule has 0 aromatic heterocycles. The van der Waals surface area contributed by atoms with Crippen LogP contribution in [0.4, 0.5) is 0 Å². The fraction of sp³-hybridized carbons (Fsp3) is 0.310. The molecule has 0 spiro atoms. The lowest BCUT2D eigenvalue weighted by atomic mass is 10.0. The zero-order valence-electron chi connectivity index (χ0n) is 20.7. The standard InChI is InChI=1S/C29H32Cl2N2O2S/c1-3-16-32-29(35)27(17-22-8-5-4-6-9-22)33(18-23-14-12-21(2)13-15-23)28(34)20-36-19-24-25(30)10-7-11-26(24)31/h4-15,27H,3,16-20H2,1-2H3,(H,32,35)/t27-/m1/s1. The summed E-state index contributed by atoms with van der Waals surface area (Å²) in [6.45, 7) is 4.96. The van der Waals surface area contributed by atoms with Gasteiger partial charge in [-0.3, -0.25) is 9.59 Å². The predicted octanol–water partition coefficient (Wildman–Crippen LogP) is 6.70. The van der Waals surface area contributed by atoms with Crippen LogP contribution in [-0.4, -0.2) is 35.1 Å². The van der Waals surface area contributed by atoms with Crippen LogP contribution in [0.25, 0.3) is 0 Å². The van der Waals surface area contributed by atoms with Crippen molar-refractivity contribution in [2.45, 2.75) is 45.0 Å². The molecule has 3 aromatic carbocycles. The van der Waals surface area contributed by atoms with Crippen molar-refractivity contribution in [1.29, 1.82) is 0 Å². The van der Waals surface area contributed by atoms with E-state index in [2.05, 4.69) is 5.32 Å². The average molecular weight is 544 g/mol. The lowest BCUT2D eigenvalue weighted by Gasteiger charge is -2.31. The summed E-state index contributed by atoms with van der Waals surface area (Å²) in [4.78, 5) is 28.7. The second kappa shape index (κ2) is 14.3. The number of halogens is 2. The van der Waals surface area contributed by atoms with Crippen molar-refractivity contribution in [2.24, 2.45) is 0 Å². The Morgan fingerprint density at radius 1 is 0.917 bits per heavy atom. The maximum absolute atomic E-state index is 13.6. The quantitative estimate of drug-likeness (QED) is 0.277. The maximum atomic E-state index is 13.6. The number of hydrogen-bond donors (Lipinski definition) is 1. The lowest BCUT2D eigenvalue weighted by Crippen LogP contribution is -2.51. The Morgan fingerprint density at radius 2 is 1.58 bits per heavy atom. The minimum atomic E-state index is -0.628. The molecule has 0 radical (unpaired) electrons. The van der Waals surface area contributed by atoms with E-state index >= 15 is 0 Å². The van der Waals surface area contributed by atoms with E-state index in [-0.39, 0.29) is 17.6 Å². The largest absolute Gasteiger partial charge is 0.354 e. The van der Waals surface area contributed by atoms with E-state index < -0.39 is 6.04 Å². The van der Waals surface area contributed by atoms with Gasteiger partial charge >= 0.3 is 0 Å². The van der Waals surface area contributed by atoms with Gasteiger partial charge in [0.25, 0.3) is 0 Å². The van der Waals surface area contributed by atoms with Crippen molar-refractivity contribution < 1.29 is 9.59 Å². The van der Waals surface area contributed by atoms with Crippen molar-refractivity contribution in [3.63, 3.8) is 0 Å². The van der Waals surface area contributed by atoms with E-state index in [1.165, 1.54) is 11.8 Å². The summed E-state index contributed by atoms with van der Waals surface area (Å²) >= 11 is 14.1. The van der Waals surface area contributed by atoms with Gasteiger partial charge < -0.3 is 10.2 Å². The molecule has 0 aliphatic heterocycles. The van der Waals surface area contributed by atoms with Crippen molar-refractivity contribution in [3.8, 4) is 0 Å². The van der Waals surface area contributed by atoms with E-state index in [9.17, 15) is 9.59 Å². The first kappa shape index (κ1) is 28.1. The molecule has 0 saturated carbocycles. The molecule has 0 heterocycles. The smallest absolute Gasteiger partial charge is 0.243 e. The van der Waals surface area contributed by atoms with E-state index in [0.717, 1.165) is 28.7 Å². The van der Waals surface area contributed by atoms with Crippen LogP contribution in [0.15, 0.2) is 72.8 Å². The fourth-order valence-electron chi connectivity index (χ4n) is 3.80. The van der Waals surface area contributed by atoms with Crippen molar-refractivity contribution >= 4 is 46.8 Å². The monoisotopic (exact) mass is 542 g/mol. The van der Waals surface area contributed by atoms with E-state index in [4.69, 9.17) is 23.2 Å². The molecule has 0 saturated heterocycles. The number of rotatable bonds is 12. The van der Waals surface area contributed by atoms with Gasteiger partial charge in [0.15, 0.2) is 0 Å². The van der Waals surface area contributed by atoms with Crippen LogP contribution >= 0.6 is 35.0 Å². The maximum Gasteiger partial charge on any atom is 0.243 e. The third kappa shape index (κ3) is 8.29. The van der Waals surface area contributed by atoms with Crippen LogP contribution in [0, 0.1) is 6.92 Å². The number of carbonyl (C=O) groups excluding carboxylic acids is 2. The number of carbonyl (C=O) groups is 2. The molecule has 1 N–H and O–H groups in total. The Bertz CT molecular complexity index is 1120. The minimum Gasteiger partial charge on any atom is -0.354 e. The van der Waals surface area contributed by atoms with Crippen LogP contribution in [-0.2, 0) is 28.3 Å². The number of nitrogens with one attached hydrogen (secondary N) is 1. The summed E-state index contributed by atoms with van der Waals surface area (Å²) in [5.74, 6) is 0.477. The van der Waals surface area contributed by atoms with Gasteiger partial charge in [-0.25, -0.2) is 0 Å². The molecule has 0 fully saturated rings. The van der Waals surface area contributed by atoms with Crippen LogP contribution in [0.5, 0.6) is 0 Å². The molecule has 3 aromatic rings. The molecule has 4 nitrogen and oxygen atoms in total. The molecule has 0 bridgehead atoms. The summed E-state index contributed by atoms with van der Waals surface area (Å²) in [6, 6.07) is 22.7. The van der Waals surface area contributed by atoms with E-state index in [1.54, 1.807) is 23.1 Å². The molecule has 190 valence electrons. The summed E-state index contributed by atoms with van der Waals surface area (Å²) in [5, 5.41) is 4.17. The Kier molecular flexibility index (Phi) is 11.2. The van der Waals surface area contributed by atoms with Gasteiger partial charge in [-0.15, -0.1) is 11.8 Å². The normalized spacial score (nSPS) is 11.7. The van der Waals surface area contributed by atoms with Gasteiger partial charge in [-0.2, -0.15) is 0 Å². The summed E-state index contributed by atoms with van der Waals surface area (Å²) in [5.41, 5.74) is 3.94. The highest BCUT2D eigenvalue weighted by molar-refractivity contribution is 7.99. The molecular formula is C29H32Cl2N2O2S. The van der Waals surface area contributed by atoms with Gasteiger partial charge in [0.1, 0.15) is 6.04 Å². The van der Waals surface area contributed by atoms with Crippen LogP contribution in [0.2, 0.25) is 10.0 Å². The zero-order chi connectivity index (χ0) is 25.9. The number of thioether (sulfide) groups is 1. The first-order chi connectivity index (χ1) is 17.4. The fourth-order valence-corrected chi connectivity index (χ4v) is 5.45. The van der Waals surface area contributed by atoms with E-state index in [1.807, 2.05) is 68.4 Å². The molecular weight excluding hydrogens is 511 g/mol. The number of nitrogens with zero attached hydrogens (tertiary/aromatic N) is 1. The Hall–Kier alpha value is -2.47. The molecule has 0 aliphatic rings. The Balaban J connectivity index is 1.84. The molecule has 0 unspecified atom stereocenters. The Morgan fingerprint density at radius 3 is 2.22 bits per heavy atom. The minimum absolute atomic E-state index is 0.101. The number of aryl methyl sites for hydroxylation is 1. The zero-order valence-corrected chi connectivity index (χ0v) is 23.0. The lowest BCUT2D eigenvalue weighted by molar-refractivity contribution is -0.139. The SMILES string of the molecule is CCCNC(=O)[C@@H](Cc1ccccc1)N(Cc1ccc(C)cc1)C(=O)CSCc1c(Cl)cccc1Cl. The van der Waals surface area contributed by atoms with Crippen molar-refractivity contribution in [2.75, 3.05) is 12.3 Å². The molecule has 0 aliphatic carbocycles. The Labute approximate surface area is 228 Å². The number of hydrogen-bond acceptors (Lipinski definition) is 3. The topological polar surface area (TPSA) is 49.4 Å². The van der Waals surface area contributed by atoms with E-state index in [0.29, 0.717) is 35.3 Å². The highest BCUT2D eigenvalue weighted by Crippen LogP contribution is 2.28. The van der Waals surface area contributed by atoms with Crippen molar-refractivity contribution in [1.82, 2.24) is 10.2 Å². The highest BCUT2D eigenvalue weighted by Gasteiger charge is 2.30. The molecule has 7 heteroatoms. The second-order valence-electron chi connectivity index (χ2n) is 8.70. The summed E-state index contributed by atoms with van der Waals surface area (Å²) in [7, 11) is 0. The third-order valence-corrected chi connectivity index (χ3v) is 7.48. The average Bonchev–Trinajstić information content (AvgIpc) is 2.88. The van der Waals surface area contributed by atoms with Crippen LogP contribution < -0.4 is 5.32 Å². The van der Waals surface area contributed by atoms with Crippen LogP contribution in [0.3, 0.4) is 0 Å². The number of benzene rings is 3. The van der Waals surface area contributed by atoms with Gasteiger partial charge in [-0.05, 0) is 42.2 Å². The van der Waals surface area contributed by atoms with Crippen molar-refractivity contribution in [3.05, 3.63) is 105 Å². The third-order valence-electron chi connectivity index (χ3n) is 5.83. The second-order valence-corrected chi connectivity index (χ2v) is 10.5. The first-order valence-corrected chi connectivity index (χ1v) is 14.0. The summed E-state index contributed by atoms with van der Waals surface area (Å²) in [6.07, 6.45) is 1.26. The van der Waals surface area contributed by atoms with Gasteiger partial charge in [0.2, 0.25) is 11.8 Å². The predicted molar refractivity (Wildman–Crippen MR) is 152 cm³/mol. The van der Waals surface area contributed by atoms with Crippen LogP contribution in [0.1, 0.15) is 35.6 Å². The van der Waals surface area contributed by atoms with Gasteiger partial charge in [0.05, 0.1) is 5.75 Å². The molecule has 1 atom stereocenters. The number of amides is 2. The molecule has 3 rings (SSSR count).